The molecule has 0 unspecified atom stereocenters. The third kappa shape index (κ3) is 7.13. The van der Waals surface area contributed by atoms with Crippen molar-refractivity contribution in [3.63, 3.8) is 0 Å². The summed E-state index contributed by atoms with van der Waals surface area (Å²) in [5.41, 5.74) is -1.25. The largest absolute Gasteiger partial charge is 0.443 e. The van der Waals surface area contributed by atoms with Crippen LogP contribution in [0.3, 0.4) is 0 Å². The highest BCUT2D eigenvalue weighted by molar-refractivity contribution is 9.10. The van der Waals surface area contributed by atoms with Gasteiger partial charge in [-0.1, -0.05) is 26.8 Å². The van der Waals surface area contributed by atoms with Gasteiger partial charge in [0, 0.05) is 17.1 Å². The van der Waals surface area contributed by atoms with E-state index in [1.807, 2.05) is 10.8 Å². The number of fused-ring (bicyclic) bond motifs is 1. The van der Waals surface area contributed by atoms with E-state index in [4.69, 9.17) is 18.6 Å². The third-order valence-electron chi connectivity index (χ3n) is 6.82. The Morgan fingerprint density at radius 2 is 1.62 bits per heavy atom. The van der Waals surface area contributed by atoms with Crippen molar-refractivity contribution in [3.8, 4) is 0 Å². The molecule has 40 heavy (non-hydrogen) atoms. The molecule has 0 spiro atoms. The highest BCUT2D eigenvalue weighted by Crippen LogP contribution is 2.43. The van der Waals surface area contributed by atoms with Gasteiger partial charge in [0.2, 0.25) is 0 Å². The number of amides is 2. The molecule has 0 aliphatic carbocycles. The first-order valence-corrected chi connectivity index (χ1v) is 17.1. The molecular formula is C28H43BrN4O6Si. The Bertz CT molecular complexity index is 1250. The van der Waals surface area contributed by atoms with E-state index in [2.05, 4.69) is 66.3 Å². The second-order valence-electron chi connectivity index (χ2n) is 13.5. The Hall–Kier alpha value is -2.28. The molecule has 3 heterocycles. The lowest BCUT2D eigenvalue weighted by molar-refractivity contribution is 0.0112. The summed E-state index contributed by atoms with van der Waals surface area (Å²) in [5, 5.41) is 0.473. The minimum atomic E-state index is -2.08. The van der Waals surface area contributed by atoms with Crippen LogP contribution in [0.1, 0.15) is 75.0 Å². The first-order chi connectivity index (χ1) is 18.1. The second kappa shape index (κ2) is 11.2. The summed E-state index contributed by atoms with van der Waals surface area (Å²) in [7, 11) is -2.08. The number of hydrogen-bond donors (Lipinski definition) is 0. The summed E-state index contributed by atoms with van der Waals surface area (Å²) >= 11 is 3.60. The summed E-state index contributed by atoms with van der Waals surface area (Å²) in [6, 6.07) is 0. The van der Waals surface area contributed by atoms with Crippen LogP contribution in [0.25, 0.3) is 11.0 Å². The number of rotatable bonds is 5. The molecule has 0 saturated carbocycles. The van der Waals surface area contributed by atoms with E-state index in [0.29, 0.717) is 21.9 Å². The van der Waals surface area contributed by atoms with Gasteiger partial charge in [-0.05, 0) is 75.6 Å². The van der Waals surface area contributed by atoms with Crippen molar-refractivity contribution >= 4 is 53.3 Å². The average molecular weight is 640 g/mol. The van der Waals surface area contributed by atoms with Gasteiger partial charge in [-0.3, -0.25) is 0 Å². The van der Waals surface area contributed by atoms with Gasteiger partial charge in [0.1, 0.15) is 35.5 Å². The van der Waals surface area contributed by atoms with E-state index in [1.54, 1.807) is 47.6 Å². The zero-order valence-electron chi connectivity index (χ0n) is 25.5. The zero-order valence-corrected chi connectivity index (χ0v) is 28.1. The molecule has 0 N–H and O–H groups in total. The van der Waals surface area contributed by atoms with Crippen molar-refractivity contribution in [1.82, 2.24) is 14.5 Å². The van der Waals surface area contributed by atoms with Gasteiger partial charge < -0.3 is 23.2 Å². The van der Waals surface area contributed by atoms with Crippen LogP contribution in [0.5, 0.6) is 0 Å². The SMILES string of the molecule is C=C[C@H]1O[C@@H](n2cc(Br)c3c(N(C(=O)OC(C)(C)C)C(=O)OC(C)(C)C)ncnc32)C[C@@H]1O[Si](C)(C)C(C)(C)C. The van der Waals surface area contributed by atoms with E-state index in [1.165, 1.54) is 6.33 Å². The Morgan fingerprint density at radius 1 is 1.07 bits per heavy atom. The first kappa shape index (κ1) is 32.2. The van der Waals surface area contributed by atoms with Crippen molar-refractivity contribution in [3.05, 3.63) is 29.7 Å². The van der Waals surface area contributed by atoms with Gasteiger partial charge in [-0.25, -0.2) is 19.6 Å². The van der Waals surface area contributed by atoms with Crippen LogP contribution in [0, 0.1) is 0 Å². The van der Waals surface area contributed by atoms with Gasteiger partial charge in [0.15, 0.2) is 14.1 Å². The molecule has 0 radical (unpaired) electrons. The molecule has 1 saturated heterocycles. The molecule has 10 nitrogen and oxygen atoms in total. The highest BCUT2D eigenvalue weighted by Gasteiger charge is 2.45. The lowest BCUT2D eigenvalue weighted by atomic mass is 10.2. The fraction of sp³-hybridized carbons (Fsp3) is 0.643. The zero-order chi connectivity index (χ0) is 30.4. The molecule has 2 amide bonds. The summed E-state index contributed by atoms with van der Waals surface area (Å²) in [5.74, 6) is 0.0338. The molecule has 2 aromatic rings. The predicted octanol–water partition coefficient (Wildman–Crippen LogP) is 7.73. The summed E-state index contributed by atoms with van der Waals surface area (Å²) in [4.78, 5) is 36.3. The second-order valence-corrected chi connectivity index (χ2v) is 19.1. The fourth-order valence-corrected chi connectivity index (χ4v) is 5.91. The number of carbonyl (C=O) groups is 2. The maximum atomic E-state index is 13.3. The highest BCUT2D eigenvalue weighted by atomic mass is 79.9. The minimum Gasteiger partial charge on any atom is -0.443 e. The van der Waals surface area contributed by atoms with Crippen molar-refractivity contribution in [2.75, 3.05) is 4.90 Å². The van der Waals surface area contributed by atoms with Gasteiger partial charge in [0.25, 0.3) is 0 Å². The van der Waals surface area contributed by atoms with Crippen molar-refractivity contribution in [2.45, 2.75) is 117 Å². The minimum absolute atomic E-state index is 0.0338. The van der Waals surface area contributed by atoms with Crippen LogP contribution < -0.4 is 4.90 Å². The summed E-state index contributed by atoms with van der Waals surface area (Å²) in [6.07, 6.45) is 2.72. The quantitative estimate of drug-likeness (QED) is 0.242. The number of aromatic nitrogens is 3. The topological polar surface area (TPSA) is 105 Å². The Labute approximate surface area is 246 Å². The lowest BCUT2D eigenvalue weighted by Gasteiger charge is -2.39. The third-order valence-corrected chi connectivity index (χ3v) is 11.9. The number of imide groups is 1. The van der Waals surface area contributed by atoms with Crippen molar-refractivity contribution < 1.29 is 28.2 Å². The maximum absolute atomic E-state index is 13.3. The number of carbonyl (C=O) groups excluding carboxylic acids is 2. The Kier molecular flexibility index (Phi) is 9.01. The summed E-state index contributed by atoms with van der Waals surface area (Å²) in [6.45, 7) is 25.3. The molecular weight excluding hydrogens is 596 g/mol. The fourth-order valence-electron chi connectivity index (χ4n) is 3.99. The molecule has 12 heteroatoms. The van der Waals surface area contributed by atoms with E-state index in [9.17, 15) is 9.59 Å². The van der Waals surface area contributed by atoms with E-state index in [0.717, 1.165) is 4.90 Å². The number of anilines is 1. The molecule has 0 bridgehead atoms. The van der Waals surface area contributed by atoms with Crippen LogP contribution >= 0.6 is 15.9 Å². The molecule has 3 atom stereocenters. The van der Waals surface area contributed by atoms with Crippen molar-refractivity contribution in [2.24, 2.45) is 0 Å². The Morgan fingerprint density at radius 3 is 2.10 bits per heavy atom. The van der Waals surface area contributed by atoms with Crippen LogP contribution in [0.2, 0.25) is 18.1 Å². The van der Waals surface area contributed by atoms with Gasteiger partial charge in [-0.2, -0.15) is 4.90 Å². The van der Waals surface area contributed by atoms with Gasteiger partial charge in [0.05, 0.1) is 11.5 Å². The molecule has 2 aromatic heterocycles. The average Bonchev–Trinajstić information content (AvgIpc) is 3.31. The number of halogens is 1. The molecule has 1 aliphatic rings. The first-order valence-electron chi connectivity index (χ1n) is 13.4. The van der Waals surface area contributed by atoms with E-state index < -0.39 is 37.9 Å². The number of hydrogen-bond acceptors (Lipinski definition) is 8. The molecule has 222 valence electrons. The van der Waals surface area contributed by atoms with Crippen LogP contribution in [0.15, 0.2) is 29.7 Å². The standard InChI is InChI=1S/C28H43BrN4O6Si/c1-13-18-19(39-40(11,12)28(8,9)10)14-20(36-18)32-15-17(29)21-22(32)30-16-31-23(21)33(24(34)37-26(2,3)4)25(35)38-27(5,6)7/h13,15-16,18-20H,1,14H2,2-12H3/t18-,19+,20-/m1/s1. The van der Waals surface area contributed by atoms with Gasteiger partial charge >= 0.3 is 12.2 Å². The smallest absolute Gasteiger partial charge is 0.425 e. The number of nitrogens with zero attached hydrogens (tertiary/aromatic N) is 4. The van der Waals surface area contributed by atoms with Crippen LogP contribution in [-0.2, 0) is 18.6 Å². The lowest BCUT2D eigenvalue weighted by Crippen LogP contribution is -2.45. The van der Waals surface area contributed by atoms with Crippen molar-refractivity contribution in [1.29, 1.82) is 0 Å². The normalized spacial score (nSPS) is 20.4. The monoisotopic (exact) mass is 638 g/mol. The summed E-state index contributed by atoms with van der Waals surface area (Å²) < 4.78 is 26.6. The maximum Gasteiger partial charge on any atom is 0.425 e. The molecule has 1 fully saturated rings. The van der Waals surface area contributed by atoms with Crippen LogP contribution in [0.4, 0.5) is 15.4 Å². The number of ether oxygens (including phenoxy) is 3. The van der Waals surface area contributed by atoms with E-state index in [-0.39, 0.29) is 23.1 Å². The Balaban J connectivity index is 2.06. The molecule has 3 rings (SSSR count). The molecule has 0 aromatic carbocycles. The van der Waals surface area contributed by atoms with Crippen LogP contribution in [-0.4, -0.2) is 58.4 Å². The van der Waals surface area contributed by atoms with E-state index >= 15 is 0 Å². The van der Waals surface area contributed by atoms with Gasteiger partial charge in [-0.15, -0.1) is 6.58 Å². The predicted molar refractivity (Wildman–Crippen MR) is 161 cm³/mol. The molecule has 1 aliphatic heterocycles.